The second-order valence-corrected chi connectivity index (χ2v) is 7.65. The SMILES string of the molecule is Cc1ccnn1CCC(=O)N1C[C@H]2CC(OCc3ccccc3)C[C@H]2C1. The lowest BCUT2D eigenvalue weighted by Gasteiger charge is -2.20. The number of amides is 1. The Morgan fingerprint density at radius 2 is 1.88 bits per heavy atom. The maximum atomic E-state index is 12.5. The summed E-state index contributed by atoms with van der Waals surface area (Å²) in [5.74, 6) is 1.47. The molecule has 1 unspecified atom stereocenters. The smallest absolute Gasteiger partial charge is 0.224 e. The summed E-state index contributed by atoms with van der Waals surface area (Å²) in [6.45, 7) is 5.18. The van der Waals surface area contributed by atoms with Crippen molar-refractivity contribution in [1.29, 1.82) is 0 Å². The summed E-state index contributed by atoms with van der Waals surface area (Å²) < 4.78 is 8.02. The van der Waals surface area contributed by atoms with E-state index in [4.69, 9.17) is 4.74 Å². The summed E-state index contributed by atoms with van der Waals surface area (Å²) in [5.41, 5.74) is 2.34. The fourth-order valence-corrected chi connectivity index (χ4v) is 4.36. The van der Waals surface area contributed by atoms with E-state index in [1.54, 1.807) is 6.20 Å². The van der Waals surface area contributed by atoms with Gasteiger partial charge in [-0.3, -0.25) is 9.48 Å². The Kier molecular flexibility index (Phi) is 5.07. The van der Waals surface area contributed by atoms with Gasteiger partial charge in [-0.25, -0.2) is 0 Å². The van der Waals surface area contributed by atoms with Crippen LogP contribution in [0.5, 0.6) is 0 Å². The largest absolute Gasteiger partial charge is 0.374 e. The van der Waals surface area contributed by atoms with Crippen LogP contribution in [-0.2, 0) is 22.7 Å². The van der Waals surface area contributed by atoms with Gasteiger partial charge in [-0.15, -0.1) is 0 Å². The van der Waals surface area contributed by atoms with Crippen molar-refractivity contribution >= 4 is 5.91 Å². The first-order valence-electron chi connectivity index (χ1n) is 9.61. The van der Waals surface area contributed by atoms with Crippen LogP contribution in [0.15, 0.2) is 42.6 Å². The van der Waals surface area contributed by atoms with E-state index in [-0.39, 0.29) is 5.91 Å². The van der Waals surface area contributed by atoms with Gasteiger partial charge in [0.1, 0.15) is 0 Å². The Morgan fingerprint density at radius 1 is 1.15 bits per heavy atom. The summed E-state index contributed by atoms with van der Waals surface area (Å²) in [5, 5.41) is 4.26. The number of aryl methyl sites for hydroxylation is 2. The van der Waals surface area contributed by atoms with Crippen LogP contribution in [-0.4, -0.2) is 39.8 Å². The molecule has 1 aromatic carbocycles. The molecule has 0 bridgehead atoms. The first-order chi connectivity index (χ1) is 12.7. The average molecular weight is 353 g/mol. The molecule has 1 aromatic heterocycles. The topological polar surface area (TPSA) is 47.4 Å². The number of likely N-dealkylation sites (tertiary alicyclic amines) is 1. The molecule has 1 aliphatic heterocycles. The van der Waals surface area contributed by atoms with E-state index >= 15 is 0 Å². The Hall–Kier alpha value is -2.14. The van der Waals surface area contributed by atoms with Crippen molar-refractivity contribution in [2.24, 2.45) is 11.8 Å². The first kappa shape index (κ1) is 17.3. The molecule has 5 heteroatoms. The van der Waals surface area contributed by atoms with Gasteiger partial charge in [0.2, 0.25) is 5.91 Å². The summed E-state index contributed by atoms with van der Waals surface area (Å²) in [6.07, 6.45) is 4.83. The van der Waals surface area contributed by atoms with Crippen LogP contribution >= 0.6 is 0 Å². The zero-order chi connectivity index (χ0) is 17.9. The maximum Gasteiger partial charge on any atom is 0.224 e. The lowest BCUT2D eigenvalue weighted by molar-refractivity contribution is -0.130. The highest BCUT2D eigenvalue weighted by atomic mass is 16.5. The molecule has 1 saturated carbocycles. The zero-order valence-corrected chi connectivity index (χ0v) is 15.4. The number of carbonyl (C=O) groups is 1. The second kappa shape index (κ2) is 7.62. The highest BCUT2D eigenvalue weighted by molar-refractivity contribution is 5.76. The summed E-state index contributed by atoms with van der Waals surface area (Å²) in [6, 6.07) is 12.3. The minimum absolute atomic E-state index is 0.260. The molecule has 1 saturated heterocycles. The van der Waals surface area contributed by atoms with E-state index < -0.39 is 0 Å². The van der Waals surface area contributed by atoms with Gasteiger partial charge in [0, 0.05) is 37.9 Å². The number of fused-ring (bicyclic) bond motifs is 1. The Bertz CT molecular complexity index is 729. The van der Waals surface area contributed by atoms with Gasteiger partial charge in [-0.05, 0) is 43.2 Å². The summed E-state index contributed by atoms with van der Waals surface area (Å²) in [4.78, 5) is 14.6. The van der Waals surface area contributed by atoms with Crippen LogP contribution < -0.4 is 0 Å². The van der Waals surface area contributed by atoms with Gasteiger partial charge in [0.05, 0.1) is 12.7 Å². The molecule has 2 heterocycles. The number of benzene rings is 1. The second-order valence-electron chi connectivity index (χ2n) is 7.65. The summed E-state index contributed by atoms with van der Waals surface area (Å²) in [7, 11) is 0. The molecule has 0 spiro atoms. The Morgan fingerprint density at radius 3 is 2.54 bits per heavy atom. The minimum Gasteiger partial charge on any atom is -0.374 e. The highest BCUT2D eigenvalue weighted by Gasteiger charge is 2.42. The maximum absolute atomic E-state index is 12.5. The highest BCUT2D eigenvalue weighted by Crippen LogP contribution is 2.39. The van der Waals surface area contributed by atoms with Crippen molar-refractivity contribution in [2.75, 3.05) is 13.1 Å². The van der Waals surface area contributed by atoms with Crippen molar-refractivity contribution < 1.29 is 9.53 Å². The Labute approximate surface area is 154 Å². The van der Waals surface area contributed by atoms with Crippen LogP contribution in [0.1, 0.15) is 30.5 Å². The van der Waals surface area contributed by atoms with Gasteiger partial charge in [0.25, 0.3) is 0 Å². The van der Waals surface area contributed by atoms with E-state index in [9.17, 15) is 4.79 Å². The predicted octanol–water partition coefficient (Wildman–Crippen LogP) is 3.04. The molecule has 3 atom stereocenters. The molecule has 0 N–H and O–H groups in total. The summed E-state index contributed by atoms with van der Waals surface area (Å²) >= 11 is 0. The average Bonchev–Trinajstić information content (AvgIpc) is 3.33. The molecule has 5 nitrogen and oxygen atoms in total. The molecule has 1 amide bonds. The fraction of sp³-hybridized carbons (Fsp3) is 0.524. The number of carbonyl (C=O) groups excluding carboxylic acids is 1. The number of rotatable bonds is 6. The van der Waals surface area contributed by atoms with Gasteiger partial charge in [0.15, 0.2) is 0 Å². The van der Waals surface area contributed by atoms with Crippen molar-refractivity contribution in [3.63, 3.8) is 0 Å². The standard InChI is InChI=1S/C21H27N3O2/c1-16-7-9-22-24(16)10-8-21(25)23-13-18-11-20(12-19(18)14-23)26-15-17-5-3-2-4-6-17/h2-7,9,18-20H,8,10-15H2,1H3/t18-,19+,20?. The molecule has 138 valence electrons. The number of ether oxygens (including phenoxy) is 1. The molecule has 2 aromatic rings. The zero-order valence-electron chi connectivity index (χ0n) is 15.4. The number of aromatic nitrogens is 2. The van der Waals surface area contributed by atoms with Gasteiger partial charge in [-0.1, -0.05) is 30.3 Å². The number of hydrogen-bond acceptors (Lipinski definition) is 3. The van der Waals surface area contributed by atoms with E-state index in [0.717, 1.165) is 31.6 Å². The molecule has 0 radical (unpaired) electrons. The third-order valence-corrected chi connectivity index (χ3v) is 5.86. The first-order valence-corrected chi connectivity index (χ1v) is 9.61. The van der Waals surface area contributed by atoms with Gasteiger partial charge >= 0.3 is 0 Å². The van der Waals surface area contributed by atoms with E-state index in [2.05, 4.69) is 34.3 Å². The van der Waals surface area contributed by atoms with Gasteiger partial charge in [-0.2, -0.15) is 5.10 Å². The molecule has 26 heavy (non-hydrogen) atoms. The van der Waals surface area contributed by atoms with Crippen LogP contribution in [0.25, 0.3) is 0 Å². The van der Waals surface area contributed by atoms with Crippen LogP contribution in [0.2, 0.25) is 0 Å². The van der Waals surface area contributed by atoms with Crippen molar-refractivity contribution in [3.05, 3.63) is 53.9 Å². The number of nitrogens with zero attached hydrogens (tertiary/aromatic N) is 3. The predicted molar refractivity (Wildman–Crippen MR) is 99.4 cm³/mol. The number of hydrogen-bond donors (Lipinski definition) is 0. The lowest BCUT2D eigenvalue weighted by Crippen LogP contribution is -2.31. The van der Waals surface area contributed by atoms with Crippen molar-refractivity contribution in [3.8, 4) is 0 Å². The molecular formula is C21H27N3O2. The van der Waals surface area contributed by atoms with Crippen molar-refractivity contribution in [1.82, 2.24) is 14.7 Å². The monoisotopic (exact) mass is 353 g/mol. The quantitative estimate of drug-likeness (QED) is 0.802. The molecule has 2 aliphatic rings. The van der Waals surface area contributed by atoms with E-state index in [1.807, 2.05) is 23.7 Å². The molecular weight excluding hydrogens is 326 g/mol. The van der Waals surface area contributed by atoms with E-state index in [1.165, 1.54) is 5.56 Å². The molecule has 2 fully saturated rings. The third kappa shape index (κ3) is 3.83. The van der Waals surface area contributed by atoms with Crippen molar-refractivity contribution in [2.45, 2.75) is 45.4 Å². The van der Waals surface area contributed by atoms with Crippen LogP contribution in [0, 0.1) is 18.8 Å². The van der Waals surface area contributed by atoms with E-state index in [0.29, 0.717) is 37.5 Å². The lowest BCUT2D eigenvalue weighted by atomic mass is 10.0. The Balaban J connectivity index is 1.22. The fourth-order valence-electron chi connectivity index (χ4n) is 4.36. The minimum atomic E-state index is 0.260. The normalized spacial score (nSPS) is 24.8. The third-order valence-electron chi connectivity index (χ3n) is 5.86. The molecule has 1 aliphatic carbocycles. The molecule has 4 rings (SSSR count). The van der Waals surface area contributed by atoms with Gasteiger partial charge < -0.3 is 9.64 Å². The van der Waals surface area contributed by atoms with Crippen LogP contribution in [0.4, 0.5) is 0 Å². The van der Waals surface area contributed by atoms with Crippen LogP contribution in [0.3, 0.4) is 0 Å².